The van der Waals surface area contributed by atoms with Gasteiger partial charge in [0.2, 0.25) is 0 Å². The quantitative estimate of drug-likeness (QED) is 0.0401. The summed E-state index contributed by atoms with van der Waals surface area (Å²) >= 11 is 0. The van der Waals surface area contributed by atoms with Crippen molar-refractivity contribution in [3.63, 3.8) is 0 Å². The van der Waals surface area contributed by atoms with Crippen LogP contribution in [-0.4, -0.2) is 306 Å². The van der Waals surface area contributed by atoms with Crippen LogP contribution < -0.4 is 0 Å². The van der Waals surface area contributed by atoms with Gasteiger partial charge in [0.1, 0.15) is 98.2 Å². The van der Waals surface area contributed by atoms with Gasteiger partial charge in [0.05, 0.1) is 74.3 Å². The van der Waals surface area contributed by atoms with Gasteiger partial charge in [-0.25, -0.2) is 9.59 Å². The average molecular weight is 1280 g/mol. The van der Waals surface area contributed by atoms with Crippen LogP contribution in [0.1, 0.15) is 90.4 Å². The van der Waals surface area contributed by atoms with E-state index in [1.54, 1.807) is 12.2 Å². The molecular weight excluding hydrogens is 1190 g/mol. The smallest absolute Gasteiger partial charge is 0.330 e. The van der Waals surface area contributed by atoms with E-state index >= 15 is 0 Å². The van der Waals surface area contributed by atoms with E-state index in [2.05, 4.69) is 0 Å². The number of rotatable bonds is 20. The van der Waals surface area contributed by atoms with Gasteiger partial charge in [0.15, 0.2) is 31.3 Å². The van der Waals surface area contributed by atoms with Crippen molar-refractivity contribution in [1.82, 2.24) is 0 Å². The zero-order valence-corrected chi connectivity index (χ0v) is 50.1. The molecule has 0 aromatic heterocycles. The van der Waals surface area contributed by atoms with Gasteiger partial charge in [-0.3, -0.25) is 0 Å². The molecule has 30 nitrogen and oxygen atoms in total. The fourth-order valence-electron chi connectivity index (χ4n) is 14.1. The number of hydrogen-bond acceptors (Lipinski definition) is 30. The second-order valence-electron chi connectivity index (χ2n) is 25.5. The highest BCUT2D eigenvalue weighted by molar-refractivity contribution is 5.82. The third-order valence-corrected chi connectivity index (χ3v) is 19.5. The Morgan fingerprint density at radius 3 is 1.54 bits per heavy atom. The summed E-state index contributed by atoms with van der Waals surface area (Å²) in [6.07, 6.45) is -28.4. The van der Waals surface area contributed by atoms with Gasteiger partial charge < -0.3 is 138 Å². The van der Waals surface area contributed by atoms with E-state index in [-0.39, 0.29) is 50.0 Å². The number of methoxy groups -OCH3 is 2. The lowest BCUT2D eigenvalue weighted by molar-refractivity contribution is -0.352. The monoisotopic (exact) mass is 1280 g/mol. The number of ether oxygens (including phenoxy) is 13. The number of allylic oxidation sites excluding steroid dienone is 2. The van der Waals surface area contributed by atoms with Gasteiger partial charge in [-0.1, -0.05) is 12.2 Å². The van der Waals surface area contributed by atoms with Crippen LogP contribution in [-0.2, 0) is 71.2 Å². The largest absolute Gasteiger partial charge is 0.460 e. The molecule has 15 N–H and O–H groups in total. The summed E-state index contributed by atoms with van der Waals surface area (Å²) in [6, 6.07) is 0. The van der Waals surface area contributed by atoms with Crippen molar-refractivity contribution in [3.8, 4) is 0 Å². The number of carbonyl (C=O) groups excluding carboxylic acids is 2. The van der Waals surface area contributed by atoms with Crippen molar-refractivity contribution in [2.45, 2.75) is 274 Å². The number of hydrogen-bond donors (Lipinski definition) is 15. The standard InChI is InChI=1S/C59H94O30/c1-24-54(89-41(64)15-9-26-6-12-30(13-7-26)82-57-50(73)47(70)44(67)38(87-57)22-79-40(63)14-8-25-4-10-28(61)11-5-25)49(72)53(76)56(81-24)80-23-39-45(68)48(71)52(75)59(88-39)85-36-20-31-32(83-55(36)27-16-34(77-2)42(65)35(17-27)78-3)18-29(62)19-33(31)84-58-51(74)46(69)43(66)37(21-60)86-58/h8-9,14-15,24-39,42-62,65-76H,4-7,10-13,16-23H2,1-3H3/t24-,25?,26?,27?,28?,29?,30?,31?,32?,33?,34?,35?,36?,37+,38+,39+,42?,43+,44+,45+,46-,47-,48-,49-,50+,51+,52+,53+,54-,55?,56+,57+,58+,59+/m0/s1. The zero-order valence-electron chi connectivity index (χ0n) is 50.1. The molecule has 0 bridgehead atoms. The van der Waals surface area contributed by atoms with Crippen LogP contribution in [0.5, 0.6) is 0 Å². The normalized spacial score (nSPS) is 49.3. The molecule has 0 aromatic rings. The van der Waals surface area contributed by atoms with Crippen LogP contribution in [0.2, 0.25) is 0 Å². The fraction of sp³-hybridized carbons (Fsp3) is 0.898. The molecule has 510 valence electrons. The molecule has 89 heavy (non-hydrogen) atoms. The maximum absolute atomic E-state index is 13.2. The predicted octanol–water partition coefficient (Wildman–Crippen LogP) is -4.92. The summed E-state index contributed by atoms with van der Waals surface area (Å²) in [5.41, 5.74) is 0. The van der Waals surface area contributed by atoms with Crippen LogP contribution in [0.25, 0.3) is 0 Å². The van der Waals surface area contributed by atoms with Gasteiger partial charge >= 0.3 is 11.9 Å². The first-order chi connectivity index (χ1) is 42.5. The molecule has 4 aliphatic carbocycles. The Hall–Kier alpha value is -2.62. The summed E-state index contributed by atoms with van der Waals surface area (Å²) in [5, 5.41) is 162. The number of carbonyl (C=O) groups is 2. The summed E-state index contributed by atoms with van der Waals surface area (Å²) in [7, 11) is 2.87. The number of fused-ring (bicyclic) bond motifs is 1. The van der Waals surface area contributed by atoms with Crippen molar-refractivity contribution < 1.29 is 148 Å². The molecule has 5 saturated heterocycles. The minimum absolute atomic E-state index is 0.00674. The molecule has 0 radical (unpaired) electrons. The Balaban J connectivity index is 0.765. The van der Waals surface area contributed by atoms with Gasteiger partial charge in [0, 0.05) is 38.7 Å². The molecule has 30 heteroatoms. The Bertz CT molecular complexity index is 2250. The lowest BCUT2D eigenvalue weighted by atomic mass is 9.72. The van der Waals surface area contributed by atoms with Crippen molar-refractivity contribution in [2.75, 3.05) is 34.0 Å². The van der Waals surface area contributed by atoms with Crippen LogP contribution in [0.4, 0.5) is 0 Å². The first-order valence-electron chi connectivity index (χ1n) is 31.2. The Labute approximate surface area is 514 Å². The second kappa shape index (κ2) is 31.7. The minimum Gasteiger partial charge on any atom is -0.460 e. The molecule has 5 heterocycles. The molecule has 9 fully saturated rings. The molecular formula is C59H94O30. The highest BCUT2D eigenvalue weighted by Crippen LogP contribution is 2.46. The molecule has 0 aromatic carbocycles. The molecule has 0 spiro atoms. The topological polar surface area (TPSA) is 458 Å². The van der Waals surface area contributed by atoms with Gasteiger partial charge in [-0.15, -0.1) is 0 Å². The van der Waals surface area contributed by atoms with Gasteiger partial charge in [-0.05, 0) is 102 Å². The van der Waals surface area contributed by atoms with Gasteiger partial charge in [-0.2, -0.15) is 0 Å². The van der Waals surface area contributed by atoms with E-state index < -0.39 is 221 Å². The number of esters is 2. The first-order valence-corrected chi connectivity index (χ1v) is 31.2. The molecule has 4 saturated carbocycles. The third kappa shape index (κ3) is 16.9. The maximum Gasteiger partial charge on any atom is 0.330 e. The summed E-state index contributed by atoms with van der Waals surface area (Å²) in [5.74, 6) is -2.64. The van der Waals surface area contributed by atoms with E-state index in [1.807, 2.05) is 0 Å². The third-order valence-electron chi connectivity index (χ3n) is 19.5. The summed E-state index contributed by atoms with van der Waals surface area (Å²) < 4.78 is 77.0. The Morgan fingerprint density at radius 2 is 0.966 bits per heavy atom. The number of aliphatic hydroxyl groups is 15. The van der Waals surface area contributed by atoms with Crippen molar-refractivity contribution >= 4 is 11.9 Å². The van der Waals surface area contributed by atoms with Crippen molar-refractivity contribution in [3.05, 3.63) is 24.3 Å². The molecule has 28 atom stereocenters. The predicted molar refractivity (Wildman–Crippen MR) is 295 cm³/mol. The summed E-state index contributed by atoms with van der Waals surface area (Å²) in [6.45, 7) is -0.286. The average Bonchev–Trinajstić information content (AvgIpc) is 1.16. The van der Waals surface area contributed by atoms with Crippen molar-refractivity contribution in [2.24, 2.45) is 23.7 Å². The molecule has 9 aliphatic rings. The van der Waals surface area contributed by atoms with E-state index in [0.29, 0.717) is 38.5 Å². The van der Waals surface area contributed by atoms with Gasteiger partial charge in [0.25, 0.3) is 0 Å². The second-order valence-corrected chi connectivity index (χ2v) is 25.5. The highest BCUT2D eigenvalue weighted by Gasteiger charge is 2.56. The minimum atomic E-state index is -1.90. The molecule has 9 rings (SSSR count). The fourth-order valence-corrected chi connectivity index (χ4v) is 14.1. The van der Waals surface area contributed by atoms with Crippen LogP contribution in [0.15, 0.2) is 24.3 Å². The highest BCUT2D eigenvalue weighted by atomic mass is 16.7. The van der Waals surface area contributed by atoms with Crippen LogP contribution in [0, 0.1) is 23.7 Å². The zero-order chi connectivity index (χ0) is 64.1. The SMILES string of the molecule is COC1CC(C2OC3CC(O)CC(O[C@@H]4O[C@H](CO)[C@@H](O)[C@H](O)[C@H]4O)C3CC2O[C@@H]2O[C@H](CO[C@@H]3O[C@@H](C)[C@H](OC(=O)C=CC4CCC(O[C@@H]5O[C@H](COC(=O)C=CC6CCC(O)CC6)[C@@H](O)[C@H](O)[C@H]5O)CC4)[C@@H](O)[C@H]3O)[C@@H](O)[C@H](O)[C@H]2O)CC(OC)C1O. The number of aliphatic hydroxyl groups excluding tert-OH is 15. The molecule has 5 aliphatic heterocycles. The lowest BCUT2D eigenvalue weighted by Gasteiger charge is -2.53. The van der Waals surface area contributed by atoms with Crippen molar-refractivity contribution in [1.29, 1.82) is 0 Å². The molecule has 8 unspecified atom stereocenters. The summed E-state index contributed by atoms with van der Waals surface area (Å²) in [4.78, 5) is 25.6. The van der Waals surface area contributed by atoms with E-state index in [0.717, 1.165) is 12.8 Å². The van der Waals surface area contributed by atoms with E-state index in [4.69, 9.17) is 61.6 Å². The van der Waals surface area contributed by atoms with E-state index in [9.17, 15) is 86.2 Å². The first kappa shape index (κ1) is 70.7. The van der Waals surface area contributed by atoms with Crippen LogP contribution in [0.3, 0.4) is 0 Å². The van der Waals surface area contributed by atoms with Crippen LogP contribution >= 0.6 is 0 Å². The molecule has 0 amide bonds. The maximum atomic E-state index is 13.2. The Morgan fingerprint density at radius 1 is 0.461 bits per heavy atom. The lowest BCUT2D eigenvalue weighted by Crippen LogP contribution is -2.64. The Kier molecular flexibility index (Phi) is 25.2. The van der Waals surface area contributed by atoms with E-state index in [1.165, 1.54) is 33.3 Å².